The van der Waals surface area contributed by atoms with Gasteiger partial charge in [-0.25, -0.2) is 4.79 Å². The van der Waals surface area contributed by atoms with E-state index in [9.17, 15) is 9.59 Å². The normalized spacial score (nSPS) is 39.7. The number of nitrogens with one attached hydrogen (secondary N) is 2. The maximum absolute atomic E-state index is 12.0. The topological polar surface area (TPSA) is 67.4 Å². The Balaban J connectivity index is 1.86. The summed E-state index contributed by atoms with van der Waals surface area (Å²) in [4.78, 5) is 23.7. The van der Waals surface area contributed by atoms with Crippen molar-refractivity contribution in [3.63, 3.8) is 0 Å². The Morgan fingerprint density at radius 3 is 2.39 bits per heavy atom. The third kappa shape index (κ3) is 1.87. The van der Waals surface area contributed by atoms with E-state index < -0.39 is 0 Å². The van der Waals surface area contributed by atoms with E-state index in [0.717, 1.165) is 19.3 Å². The number of carbonyl (C=O) groups excluding carboxylic acids is 2. The van der Waals surface area contributed by atoms with Crippen LogP contribution in [0.5, 0.6) is 0 Å². The third-order valence-corrected chi connectivity index (χ3v) is 3.99. The zero-order valence-corrected chi connectivity index (χ0v) is 10.5. The Bertz CT molecular complexity index is 430. The summed E-state index contributed by atoms with van der Waals surface area (Å²) in [5.74, 6) is -0.506. The molecule has 3 fully saturated rings. The van der Waals surface area contributed by atoms with Gasteiger partial charge in [0.1, 0.15) is 11.8 Å². The van der Waals surface area contributed by atoms with Crippen LogP contribution >= 0.6 is 0 Å². The van der Waals surface area contributed by atoms with Gasteiger partial charge in [0.05, 0.1) is 5.57 Å². The minimum Gasteiger partial charge on any atom is -0.459 e. The van der Waals surface area contributed by atoms with E-state index in [1.54, 1.807) is 0 Å². The lowest BCUT2D eigenvalue weighted by Crippen LogP contribution is -2.59. The molecule has 1 aliphatic carbocycles. The first-order chi connectivity index (χ1) is 8.65. The Morgan fingerprint density at radius 1 is 1.11 bits per heavy atom. The van der Waals surface area contributed by atoms with Crippen LogP contribution in [0.1, 0.15) is 39.0 Å². The molecule has 0 bridgehead atoms. The number of cyclic esters (lactones) is 1. The van der Waals surface area contributed by atoms with Gasteiger partial charge in [0.25, 0.3) is 5.91 Å². The molecule has 0 unspecified atom stereocenters. The van der Waals surface area contributed by atoms with Gasteiger partial charge in [-0.05, 0) is 19.8 Å². The highest BCUT2D eigenvalue weighted by atomic mass is 16.5. The van der Waals surface area contributed by atoms with Crippen LogP contribution in [0.2, 0.25) is 0 Å². The molecule has 2 saturated heterocycles. The number of esters is 1. The molecule has 1 amide bonds. The summed E-state index contributed by atoms with van der Waals surface area (Å²) in [6, 6.07) is 0.480. The van der Waals surface area contributed by atoms with Crippen LogP contribution in [0.15, 0.2) is 11.3 Å². The van der Waals surface area contributed by atoms with E-state index in [0.29, 0.717) is 17.7 Å². The molecule has 2 aliphatic heterocycles. The fraction of sp³-hybridized carbons (Fsp3) is 0.692. The highest BCUT2D eigenvalue weighted by molar-refractivity contribution is 6.04. The summed E-state index contributed by atoms with van der Waals surface area (Å²) >= 11 is 0. The van der Waals surface area contributed by atoms with Crippen molar-refractivity contribution in [2.45, 2.75) is 57.2 Å². The number of amides is 1. The molecular formula is C13H18N2O3. The van der Waals surface area contributed by atoms with Gasteiger partial charge in [0.15, 0.2) is 0 Å². The van der Waals surface area contributed by atoms with Gasteiger partial charge >= 0.3 is 5.97 Å². The number of rotatable bonds is 0. The molecule has 98 valence electrons. The lowest BCUT2D eigenvalue weighted by molar-refractivity contribution is -0.138. The number of fused-ring (bicyclic) bond motifs is 1. The van der Waals surface area contributed by atoms with Crippen LogP contribution in [0, 0.1) is 0 Å². The number of hydrogen-bond acceptors (Lipinski definition) is 4. The van der Waals surface area contributed by atoms with E-state index in [1.165, 1.54) is 6.42 Å². The van der Waals surface area contributed by atoms with Gasteiger partial charge in [-0.1, -0.05) is 12.8 Å². The van der Waals surface area contributed by atoms with E-state index in [-0.39, 0.29) is 30.1 Å². The zero-order valence-electron chi connectivity index (χ0n) is 10.5. The highest BCUT2D eigenvalue weighted by Crippen LogP contribution is 2.27. The molecule has 0 aromatic heterocycles. The van der Waals surface area contributed by atoms with Crippen molar-refractivity contribution < 1.29 is 14.3 Å². The number of piperazine rings is 1. The van der Waals surface area contributed by atoms with E-state index in [2.05, 4.69) is 10.6 Å². The minimum absolute atomic E-state index is 0.126. The quantitative estimate of drug-likeness (QED) is 0.488. The molecule has 3 atom stereocenters. The minimum atomic E-state index is -0.352. The third-order valence-electron chi connectivity index (χ3n) is 3.99. The smallest absolute Gasteiger partial charge is 0.336 e. The van der Waals surface area contributed by atoms with Crippen molar-refractivity contribution in [2.24, 2.45) is 0 Å². The largest absolute Gasteiger partial charge is 0.459 e. The summed E-state index contributed by atoms with van der Waals surface area (Å²) in [5, 5.41) is 6.28. The number of carbonyl (C=O) groups is 2. The average molecular weight is 250 g/mol. The van der Waals surface area contributed by atoms with Crippen LogP contribution in [0.25, 0.3) is 0 Å². The van der Waals surface area contributed by atoms with Crippen molar-refractivity contribution >= 4 is 11.9 Å². The molecule has 0 aromatic rings. The maximum Gasteiger partial charge on any atom is 0.336 e. The first kappa shape index (κ1) is 11.6. The fourth-order valence-electron chi connectivity index (χ4n) is 3.06. The van der Waals surface area contributed by atoms with Crippen molar-refractivity contribution in [1.82, 2.24) is 10.6 Å². The van der Waals surface area contributed by atoms with Gasteiger partial charge in [0.2, 0.25) is 0 Å². The molecule has 5 heteroatoms. The molecule has 2 N–H and O–H groups in total. The standard InChI is InChI=1S/C13H18N2O3/c1-7-6-8(13(17)18-7)11-12(16)15-10-5-3-2-4-9(10)14-11/h7,9-10,14H,2-6H2,1H3,(H,15,16)/b11-8+/t7-,9+,10-/m1/s1. The van der Waals surface area contributed by atoms with Crippen molar-refractivity contribution in [3.05, 3.63) is 11.3 Å². The molecule has 18 heavy (non-hydrogen) atoms. The summed E-state index contributed by atoms with van der Waals surface area (Å²) in [6.45, 7) is 1.84. The zero-order chi connectivity index (χ0) is 12.7. The molecular weight excluding hydrogens is 232 g/mol. The average Bonchev–Trinajstić information content (AvgIpc) is 2.67. The number of hydrogen-bond donors (Lipinski definition) is 2. The van der Waals surface area contributed by atoms with Gasteiger partial charge in [0, 0.05) is 18.5 Å². The monoisotopic (exact) mass is 250 g/mol. The summed E-state index contributed by atoms with van der Waals surface area (Å²) in [5.41, 5.74) is 0.941. The molecule has 3 aliphatic rings. The van der Waals surface area contributed by atoms with E-state index >= 15 is 0 Å². The highest BCUT2D eigenvalue weighted by Gasteiger charge is 2.38. The Hall–Kier alpha value is -1.52. The predicted molar refractivity (Wildman–Crippen MR) is 64.5 cm³/mol. The van der Waals surface area contributed by atoms with Gasteiger partial charge < -0.3 is 15.4 Å². The summed E-state index contributed by atoms with van der Waals surface area (Å²) < 4.78 is 5.09. The lowest BCUT2D eigenvalue weighted by Gasteiger charge is -2.38. The molecule has 0 spiro atoms. The van der Waals surface area contributed by atoms with Crippen LogP contribution in [0.4, 0.5) is 0 Å². The first-order valence-corrected chi connectivity index (χ1v) is 6.66. The van der Waals surface area contributed by atoms with Gasteiger partial charge in [-0.3, -0.25) is 4.79 Å². The van der Waals surface area contributed by atoms with Gasteiger partial charge in [-0.15, -0.1) is 0 Å². The van der Waals surface area contributed by atoms with E-state index in [4.69, 9.17) is 4.74 Å². The number of ether oxygens (including phenoxy) is 1. The Kier molecular flexibility index (Phi) is 2.76. The molecule has 2 heterocycles. The van der Waals surface area contributed by atoms with Crippen LogP contribution in [-0.4, -0.2) is 30.1 Å². The van der Waals surface area contributed by atoms with E-state index in [1.807, 2.05) is 6.92 Å². The van der Waals surface area contributed by atoms with Crippen molar-refractivity contribution in [1.29, 1.82) is 0 Å². The molecule has 0 aromatic carbocycles. The molecule has 1 saturated carbocycles. The van der Waals surface area contributed by atoms with Gasteiger partial charge in [-0.2, -0.15) is 0 Å². The summed E-state index contributed by atoms with van der Waals surface area (Å²) in [7, 11) is 0. The Labute approximate surface area is 106 Å². The first-order valence-electron chi connectivity index (χ1n) is 6.66. The van der Waals surface area contributed by atoms with Crippen molar-refractivity contribution in [3.8, 4) is 0 Å². The SMILES string of the molecule is C[C@@H]1C/C(=C2\N[C@H]3CCCC[C@H]3NC2=O)C(=O)O1. The second kappa shape index (κ2) is 4.30. The predicted octanol–water partition coefficient (Wildman–Crippen LogP) is 0.606. The maximum atomic E-state index is 12.0. The fourth-order valence-corrected chi connectivity index (χ4v) is 3.06. The molecule has 0 radical (unpaired) electrons. The summed E-state index contributed by atoms with van der Waals surface area (Å²) in [6.07, 6.45) is 4.80. The van der Waals surface area contributed by atoms with Crippen LogP contribution in [0.3, 0.4) is 0 Å². The Morgan fingerprint density at radius 2 is 1.78 bits per heavy atom. The van der Waals surface area contributed by atoms with Crippen LogP contribution < -0.4 is 10.6 Å². The lowest BCUT2D eigenvalue weighted by atomic mass is 9.88. The second-order valence-corrected chi connectivity index (χ2v) is 5.39. The van der Waals surface area contributed by atoms with Crippen LogP contribution in [-0.2, 0) is 14.3 Å². The molecule has 5 nitrogen and oxygen atoms in total. The van der Waals surface area contributed by atoms with Crippen molar-refractivity contribution in [2.75, 3.05) is 0 Å². The molecule has 3 rings (SSSR count). The second-order valence-electron chi connectivity index (χ2n) is 5.39.